The first-order chi connectivity index (χ1) is 11.0. The van der Waals surface area contributed by atoms with E-state index in [2.05, 4.69) is 20.8 Å². The molecular weight excluding hydrogens is 316 g/mol. The van der Waals surface area contributed by atoms with E-state index >= 15 is 0 Å². The van der Waals surface area contributed by atoms with E-state index in [9.17, 15) is 9.59 Å². The van der Waals surface area contributed by atoms with E-state index in [-0.39, 0.29) is 18.0 Å². The number of halogens is 1. The van der Waals surface area contributed by atoms with Crippen molar-refractivity contribution in [3.63, 3.8) is 0 Å². The average Bonchev–Trinajstić information content (AvgIpc) is 2.55. The quantitative estimate of drug-likeness (QED) is 0.653. The lowest BCUT2D eigenvalue weighted by atomic mass is 10.2. The zero-order chi connectivity index (χ0) is 16.7. The van der Waals surface area contributed by atoms with E-state index < -0.39 is 5.91 Å². The van der Waals surface area contributed by atoms with Gasteiger partial charge in [-0.15, -0.1) is 0 Å². The van der Waals surface area contributed by atoms with Gasteiger partial charge in [0.25, 0.3) is 5.91 Å². The number of pyridine rings is 1. The van der Waals surface area contributed by atoms with Gasteiger partial charge in [0.05, 0.1) is 6.42 Å². The minimum atomic E-state index is -0.428. The molecule has 2 N–H and O–H groups in total. The Kier molecular flexibility index (Phi) is 5.82. The number of carbonyl (C=O) groups excluding carboxylic acids is 2. The third-order valence-electron chi connectivity index (χ3n) is 2.79. The van der Waals surface area contributed by atoms with Gasteiger partial charge in [-0.05, 0) is 43.3 Å². The molecule has 0 spiro atoms. The van der Waals surface area contributed by atoms with Crippen molar-refractivity contribution >= 4 is 34.8 Å². The Labute approximate surface area is 138 Å². The monoisotopic (exact) mass is 330 g/mol. The predicted molar refractivity (Wildman–Crippen MR) is 89.5 cm³/mol. The van der Waals surface area contributed by atoms with Crippen molar-refractivity contribution in [1.82, 2.24) is 10.4 Å². The molecule has 2 aromatic rings. The van der Waals surface area contributed by atoms with Crippen molar-refractivity contribution in [2.24, 2.45) is 5.10 Å². The van der Waals surface area contributed by atoms with Crippen molar-refractivity contribution in [2.75, 3.05) is 5.32 Å². The van der Waals surface area contributed by atoms with Crippen molar-refractivity contribution < 1.29 is 9.59 Å². The molecule has 118 valence electrons. The SMILES string of the molecule is CC(CC(=O)Nc1ccc(Cl)cc1)=NNC(=O)c1ccccn1. The van der Waals surface area contributed by atoms with Crippen LogP contribution in [0.5, 0.6) is 0 Å². The molecular formula is C16H15ClN4O2. The Balaban J connectivity index is 1.85. The summed E-state index contributed by atoms with van der Waals surface area (Å²) in [5.41, 5.74) is 3.74. The van der Waals surface area contributed by atoms with Crippen LogP contribution in [0.4, 0.5) is 5.69 Å². The molecule has 2 rings (SSSR count). The lowest BCUT2D eigenvalue weighted by molar-refractivity contribution is -0.115. The van der Waals surface area contributed by atoms with Gasteiger partial charge in [0.15, 0.2) is 0 Å². The lowest BCUT2D eigenvalue weighted by Crippen LogP contribution is -2.22. The molecule has 7 heteroatoms. The number of hydrogen-bond acceptors (Lipinski definition) is 4. The van der Waals surface area contributed by atoms with Gasteiger partial charge in [-0.2, -0.15) is 5.10 Å². The highest BCUT2D eigenvalue weighted by molar-refractivity contribution is 6.30. The lowest BCUT2D eigenvalue weighted by Gasteiger charge is -2.05. The standard InChI is InChI=1S/C16H15ClN4O2/c1-11(20-21-16(23)14-4-2-3-9-18-14)10-15(22)19-13-7-5-12(17)6-8-13/h2-9H,10H2,1H3,(H,19,22)(H,21,23). The molecule has 0 radical (unpaired) electrons. The summed E-state index contributed by atoms with van der Waals surface area (Å²) in [6, 6.07) is 11.8. The molecule has 2 amide bonds. The molecule has 1 aromatic heterocycles. The van der Waals surface area contributed by atoms with Gasteiger partial charge in [-0.1, -0.05) is 17.7 Å². The van der Waals surface area contributed by atoms with Gasteiger partial charge in [0.2, 0.25) is 5.91 Å². The van der Waals surface area contributed by atoms with Crippen LogP contribution in [0.1, 0.15) is 23.8 Å². The summed E-state index contributed by atoms with van der Waals surface area (Å²) in [4.78, 5) is 27.5. The van der Waals surface area contributed by atoms with Crippen LogP contribution in [0.2, 0.25) is 5.02 Å². The van der Waals surface area contributed by atoms with Crippen LogP contribution in [0.25, 0.3) is 0 Å². The number of nitrogens with one attached hydrogen (secondary N) is 2. The van der Waals surface area contributed by atoms with Crippen molar-refractivity contribution in [3.8, 4) is 0 Å². The van der Waals surface area contributed by atoms with E-state index in [1.165, 1.54) is 6.20 Å². The Morgan fingerprint density at radius 3 is 2.57 bits per heavy atom. The molecule has 0 bridgehead atoms. The first-order valence-corrected chi connectivity index (χ1v) is 7.22. The fourth-order valence-corrected chi connectivity index (χ4v) is 1.84. The van der Waals surface area contributed by atoms with E-state index in [4.69, 9.17) is 11.6 Å². The van der Waals surface area contributed by atoms with E-state index in [0.717, 1.165) is 0 Å². The molecule has 23 heavy (non-hydrogen) atoms. The Morgan fingerprint density at radius 1 is 1.17 bits per heavy atom. The van der Waals surface area contributed by atoms with Gasteiger partial charge >= 0.3 is 0 Å². The second-order valence-corrected chi connectivity index (χ2v) is 5.17. The van der Waals surface area contributed by atoms with Gasteiger partial charge in [-0.25, -0.2) is 5.43 Å². The van der Waals surface area contributed by atoms with Crippen LogP contribution >= 0.6 is 11.6 Å². The van der Waals surface area contributed by atoms with E-state index in [1.807, 2.05) is 0 Å². The molecule has 0 aliphatic carbocycles. The number of amides is 2. The highest BCUT2D eigenvalue weighted by Gasteiger charge is 2.07. The topological polar surface area (TPSA) is 83.5 Å². The number of hydrogen-bond donors (Lipinski definition) is 2. The highest BCUT2D eigenvalue weighted by atomic mass is 35.5. The molecule has 0 aliphatic rings. The average molecular weight is 331 g/mol. The number of rotatable bonds is 5. The molecule has 0 saturated carbocycles. The molecule has 0 fully saturated rings. The second kappa shape index (κ2) is 8.05. The number of nitrogens with zero attached hydrogens (tertiary/aromatic N) is 2. The zero-order valence-corrected chi connectivity index (χ0v) is 13.2. The summed E-state index contributed by atoms with van der Waals surface area (Å²) < 4.78 is 0. The first-order valence-electron chi connectivity index (χ1n) is 6.84. The summed E-state index contributed by atoms with van der Waals surface area (Å²) in [5, 5.41) is 7.20. The van der Waals surface area contributed by atoms with Gasteiger partial charge in [0.1, 0.15) is 5.69 Å². The molecule has 1 heterocycles. The maximum absolute atomic E-state index is 11.9. The predicted octanol–water partition coefficient (Wildman–Crippen LogP) is 2.87. The molecule has 1 aromatic carbocycles. The summed E-state index contributed by atoms with van der Waals surface area (Å²) in [5.74, 6) is -0.663. The molecule has 0 unspecified atom stereocenters. The largest absolute Gasteiger partial charge is 0.326 e. The van der Waals surface area contributed by atoms with Crippen molar-refractivity contribution in [3.05, 3.63) is 59.4 Å². The Bertz CT molecular complexity index is 715. The Hall–Kier alpha value is -2.73. The molecule has 0 aliphatic heterocycles. The maximum Gasteiger partial charge on any atom is 0.289 e. The van der Waals surface area contributed by atoms with Gasteiger partial charge in [0, 0.05) is 22.6 Å². The molecule has 6 nitrogen and oxygen atoms in total. The normalized spacial score (nSPS) is 11.0. The van der Waals surface area contributed by atoms with Crippen molar-refractivity contribution in [1.29, 1.82) is 0 Å². The van der Waals surface area contributed by atoms with Crippen molar-refractivity contribution in [2.45, 2.75) is 13.3 Å². The highest BCUT2D eigenvalue weighted by Crippen LogP contribution is 2.13. The summed E-state index contributed by atoms with van der Waals surface area (Å²) >= 11 is 5.78. The van der Waals surface area contributed by atoms with Crippen LogP contribution in [0.3, 0.4) is 0 Å². The zero-order valence-electron chi connectivity index (χ0n) is 12.4. The second-order valence-electron chi connectivity index (χ2n) is 4.73. The maximum atomic E-state index is 11.9. The summed E-state index contributed by atoms with van der Waals surface area (Å²) in [6.07, 6.45) is 1.58. The summed E-state index contributed by atoms with van der Waals surface area (Å²) in [7, 11) is 0. The smallest absolute Gasteiger partial charge is 0.289 e. The minimum Gasteiger partial charge on any atom is -0.326 e. The van der Waals surface area contributed by atoms with Crippen LogP contribution in [-0.4, -0.2) is 22.5 Å². The van der Waals surface area contributed by atoms with Gasteiger partial charge < -0.3 is 5.32 Å². The van der Waals surface area contributed by atoms with Gasteiger partial charge in [-0.3, -0.25) is 14.6 Å². The number of hydrazone groups is 1. The van der Waals surface area contributed by atoms with Crippen LogP contribution in [0.15, 0.2) is 53.8 Å². The minimum absolute atomic E-state index is 0.0606. The van der Waals surface area contributed by atoms with Crippen LogP contribution < -0.4 is 10.7 Å². The van der Waals surface area contributed by atoms with E-state index in [0.29, 0.717) is 16.4 Å². The fourth-order valence-electron chi connectivity index (χ4n) is 1.71. The summed E-state index contributed by atoms with van der Waals surface area (Å²) in [6.45, 7) is 1.65. The number of benzene rings is 1. The van der Waals surface area contributed by atoms with Crippen LogP contribution in [-0.2, 0) is 4.79 Å². The number of anilines is 1. The third-order valence-corrected chi connectivity index (χ3v) is 3.04. The van der Waals surface area contributed by atoms with E-state index in [1.54, 1.807) is 49.4 Å². The number of aromatic nitrogens is 1. The fraction of sp³-hybridized carbons (Fsp3) is 0.125. The van der Waals surface area contributed by atoms with Crippen LogP contribution in [0, 0.1) is 0 Å². The Morgan fingerprint density at radius 2 is 1.91 bits per heavy atom. The molecule has 0 saturated heterocycles. The number of carbonyl (C=O) groups is 2. The first kappa shape index (κ1) is 16.6. The third kappa shape index (κ3) is 5.52. The molecule has 0 atom stereocenters.